The van der Waals surface area contributed by atoms with E-state index < -0.39 is 4.92 Å². The first-order valence-electron chi connectivity index (χ1n) is 4.99. The summed E-state index contributed by atoms with van der Waals surface area (Å²) in [4.78, 5) is 23.2. The van der Waals surface area contributed by atoms with Crippen LogP contribution in [0.3, 0.4) is 0 Å². The van der Waals surface area contributed by atoms with Crippen molar-refractivity contribution in [3.8, 4) is 0 Å². The second kappa shape index (κ2) is 4.31. The van der Waals surface area contributed by atoms with E-state index in [0.29, 0.717) is 12.2 Å². The number of hydrogen-bond acceptors (Lipinski definition) is 4. The maximum Gasteiger partial charge on any atom is 0.290 e. The fourth-order valence-corrected chi connectivity index (χ4v) is 2.12. The minimum Gasteiger partial charge on any atom is -0.326 e. The summed E-state index contributed by atoms with van der Waals surface area (Å²) in [6.45, 7) is 0.333. The number of nitro benzene ring substituents is 1. The minimum atomic E-state index is -0.577. The molecule has 1 aromatic rings. The second-order valence-electron chi connectivity index (χ2n) is 3.84. The van der Waals surface area contributed by atoms with Crippen LogP contribution in [-0.4, -0.2) is 23.4 Å². The zero-order chi connectivity index (χ0) is 12.6. The molecule has 1 saturated heterocycles. The van der Waals surface area contributed by atoms with Crippen molar-refractivity contribution < 1.29 is 9.72 Å². The van der Waals surface area contributed by atoms with Crippen LogP contribution in [0.5, 0.6) is 0 Å². The van der Waals surface area contributed by atoms with E-state index in [1.54, 1.807) is 6.07 Å². The molecule has 2 N–H and O–H groups in total. The van der Waals surface area contributed by atoms with E-state index in [2.05, 4.69) is 0 Å². The Labute approximate surface area is 102 Å². The zero-order valence-corrected chi connectivity index (χ0v) is 9.55. The number of amides is 1. The summed E-state index contributed by atoms with van der Waals surface area (Å²) in [6.07, 6.45) is 0.235. The molecule has 0 aromatic heterocycles. The predicted molar refractivity (Wildman–Crippen MR) is 63.1 cm³/mol. The zero-order valence-electron chi connectivity index (χ0n) is 8.80. The van der Waals surface area contributed by atoms with Crippen molar-refractivity contribution in [2.24, 2.45) is 5.73 Å². The van der Waals surface area contributed by atoms with Gasteiger partial charge in [0.05, 0.1) is 10.6 Å². The highest BCUT2D eigenvalue weighted by Crippen LogP contribution is 2.35. The van der Waals surface area contributed by atoms with Crippen LogP contribution < -0.4 is 10.6 Å². The van der Waals surface area contributed by atoms with Gasteiger partial charge < -0.3 is 10.6 Å². The van der Waals surface area contributed by atoms with E-state index in [0.717, 1.165) is 0 Å². The summed E-state index contributed by atoms with van der Waals surface area (Å²) in [6, 6.07) is 4.12. The molecule has 17 heavy (non-hydrogen) atoms. The molecule has 1 aromatic carbocycles. The van der Waals surface area contributed by atoms with Gasteiger partial charge in [-0.1, -0.05) is 17.7 Å². The van der Waals surface area contributed by atoms with Gasteiger partial charge in [0, 0.05) is 25.1 Å². The molecular weight excluding hydrogens is 246 g/mol. The number of carbonyl (C=O) groups excluding carboxylic acids is 1. The molecule has 0 aliphatic carbocycles. The van der Waals surface area contributed by atoms with Gasteiger partial charge in [-0.15, -0.1) is 0 Å². The van der Waals surface area contributed by atoms with E-state index in [1.165, 1.54) is 17.0 Å². The largest absolute Gasteiger partial charge is 0.326 e. The molecule has 1 aliphatic heterocycles. The van der Waals surface area contributed by atoms with Gasteiger partial charge >= 0.3 is 0 Å². The van der Waals surface area contributed by atoms with Crippen molar-refractivity contribution in [2.75, 3.05) is 11.4 Å². The third-order valence-corrected chi connectivity index (χ3v) is 2.99. The Morgan fingerprint density at radius 1 is 1.53 bits per heavy atom. The summed E-state index contributed by atoms with van der Waals surface area (Å²) in [5.74, 6) is -0.167. The first-order valence-corrected chi connectivity index (χ1v) is 5.37. The van der Waals surface area contributed by atoms with Gasteiger partial charge in [0.15, 0.2) is 0 Å². The second-order valence-corrected chi connectivity index (χ2v) is 4.21. The maximum atomic E-state index is 11.6. The summed E-state index contributed by atoms with van der Waals surface area (Å²) in [5.41, 5.74) is 5.80. The number of anilines is 1. The number of rotatable bonds is 2. The van der Waals surface area contributed by atoms with E-state index >= 15 is 0 Å². The van der Waals surface area contributed by atoms with Crippen LogP contribution in [0.4, 0.5) is 11.4 Å². The summed E-state index contributed by atoms with van der Waals surface area (Å²) in [7, 11) is 0. The van der Waals surface area contributed by atoms with Crippen molar-refractivity contribution in [3.05, 3.63) is 33.3 Å². The number of nitro groups is 1. The lowest BCUT2D eigenvalue weighted by Crippen LogP contribution is -2.28. The van der Waals surface area contributed by atoms with Gasteiger partial charge in [-0.05, 0) is 6.07 Å². The Hall–Kier alpha value is -1.66. The SMILES string of the molecule is NC1CC(=O)N(c2cccc([N+](=O)[O-])c2Cl)C1. The monoisotopic (exact) mass is 255 g/mol. The fourth-order valence-electron chi connectivity index (χ4n) is 1.83. The molecule has 7 heteroatoms. The molecule has 0 saturated carbocycles. The van der Waals surface area contributed by atoms with Gasteiger partial charge in [-0.2, -0.15) is 0 Å². The number of carbonyl (C=O) groups is 1. The highest BCUT2D eigenvalue weighted by Gasteiger charge is 2.31. The average molecular weight is 256 g/mol. The lowest BCUT2D eigenvalue weighted by atomic mass is 10.2. The van der Waals surface area contributed by atoms with Crippen LogP contribution in [0, 0.1) is 10.1 Å². The smallest absolute Gasteiger partial charge is 0.290 e. The highest BCUT2D eigenvalue weighted by atomic mass is 35.5. The fraction of sp³-hybridized carbons (Fsp3) is 0.300. The third-order valence-electron chi connectivity index (χ3n) is 2.60. The third kappa shape index (κ3) is 2.09. The molecule has 1 unspecified atom stereocenters. The van der Waals surface area contributed by atoms with Gasteiger partial charge in [0.1, 0.15) is 5.02 Å². The molecule has 90 valence electrons. The molecule has 0 bridgehead atoms. The van der Waals surface area contributed by atoms with Crippen molar-refractivity contribution in [1.29, 1.82) is 0 Å². The lowest BCUT2D eigenvalue weighted by molar-refractivity contribution is -0.384. The molecule has 1 fully saturated rings. The molecule has 0 spiro atoms. The van der Waals surface area contributed by atoms with E-state index in [9.17, 15) is 14.9 Å². The van der Waals surface area contributed by atoms with Gasteiger partial charge in [-0.25, -0.2) is 0 Å². The first-order chi connectivity index (χ1) is 8.00. The number of benzene rings is 1. The van der Waals surface area contributed by atoms with Crippen molar-refractivity contribution >= 4 is 28.9 Å². The molecule has 2 rings (SSSR count). The normalized spacial score (nSPS) is 19.8. The Morgan fingerprint density at radius 3 is 2.76 bits per heavy atom. The van der Waals surface area contributed by atoms with Crippen LogP contribution in [0.25, 0.3) is 0 Å². The highest BCUT2D eigenvalue weighted by molar-refractivity contribution is 6.36. The molecule has 0 radical (unpaired) electrons. The van der Waals surface area contributed by atoms with Crippen LogP contribution >= 0.6 is 11.6 Å². The topological polar surface area (TPSA) is 89.5 Å². The first kappa shape index (κ1) is 11.8. The van der Waals surface area contributed by atoms with Crippen LogP contribution in [0.1, 0.15) is 6.42 Å². The number of hydrogen-bond donors (Lipinski definition) is 1. The number of nitrogens with zero attached hydrogens (tertiary/aromatic N) is 2. The van der Waals surface area contributed by atoms with Crippen LogP contribution in [0.2, 0.25) is 5.02 Å². The van der Waals surface area contributed by atoms with E-state index in [-0.39, 0.29) is 29.1 Å². The number of nitrogens with two attached hydrogens (primary N) is 1. The Bertz CT molecular complexity index is 492. The van der Waals surface area contributed by atoms with Gasteiger partial charge in [0.2, 0.25) is 5.91 Å². The maximum absolute atomic E-state index is 11.6. The van der Waals surface area contributed by atoms with Crippen molar-refractivity contribution in [2.45, 2.75) is 12.5 Å². The molecule has 1 amide bonds. The standard InChI is InChI=1S/C10H10ClN3O3/c11-10-7(2-1-3-8(10)14(16)17)13-5-6(12)4-9(13)15/h1-3,6H,4-5,12H2. The number of halogens is 1. The molecule has 1 aliphatic rings. The Balaban J connectivity index is 2.43. The van der Waals surface area contributed by atoms with Gasteiger partial charge in [0.25, 0.3) is 5.69 Å². The average Bonchev–Trinajstić information content (AvgIpc) is 2.57. The predicted octanol–water partition coefficient (Wildman–Crippen LogP) is 1.31. The molecular formula is C10H10ClN3O3. The summed E-state index contributed by atoms with van der Waals surface area (Å²) >= 11 is 5.92. The lowest BCUT2D eigenvalue weighted by Gasteiger charge is -2.17. The molecule has 1 heterocycles. The van der Waals surface area contributed by atoms with Crippen LogP contribution in [-0.2, 0) is 4.79 Å². The van der Waals surface area contributed by atoms with E-state index in [1.807, 2.05) is 0 Å². The summed E-state index contributed by atoms with van der Waals surface area (Å²) in [5, 5.41) is 10.7. The summed E-state index contributed by atoms with van der Waals surface area (Å²) < 4.78 is 0. The van der Waals surface area contributed by atoms with Gasteiger partial charge in [-0.3, -0.25) is 14.9 Å². The minimum absolute atomic E-state index is 0.0278. The molecule has 6 nitrogen and oxygen atoms in total. The molecule has 1 atom stereocenters. The van der Waals surface area contributed by atoms with Crippen molar-refractivity contribution in [1.82, 2.24) is 0 Å². The van der Waals surface area contributed by atoms with Crippen LogP contribution in [0.15, 0.2) is 18.2 Å². The quantitative estimate of drug-likeness (QED) is 0.637. The van der Waals surface area contributed by atoms with Crippen molar-refractivity contribution in [3.63, 3.8) is 0 Å². The Kier molecular flexibility index (Phi) is 2.99. The van der Waals surface area contributed by atoms with E-state index in [4.69, 9.17) is 17.3 Å². The Morgan fingerprint density at radius 2 is 2.24 bits per heavy atom.